The van der Waals surface area contributed by atoms with Crippen LogP contribution in [0.5, 0.6) is 0 Å². The number of carboxylic acids is 1. The first kappa shape index (κ1) is 10.4. The maximum Gasteiger partial charge on any atom is 0.309 e. The molecule has 0 unspecified atom stereocenters. The van der Waals surface area contributed by atoms with Crippen LogP contribution in [0.3, 0.4) is 0 Å². The number of hydrogen-bond donors (Lipinski definition) is 1. The summed E-state index contributed by atoms with van der Waals surface area (Å²) < 4.78 is 1.81. The van der Waals surface area contributed by atoms with E-state index in [1.165, 1.54) is 22.7 Å². The first-order valence-corrected chi connectivity index (χ1v) is 6.62. The molecule has 0 radical (unpaired) electrons. The van der Waals surface area contributed by atoms with Gasteiger partial charge in [0.15, 0.2) is 4.96 Å². The predicted octanol–water partition coefficient (Wildman–Crippen LogP) is 2.15. The number of carbonyl (C=O) groups is 1. The lowest BCUT2D eigenvalue weighted by atomic mass is 10.3. The second kappa shape index (κ2) is 3.94. The molecule has 3 aromatic rings. The Morgan fingerprint density at radius 2 is 2.29 bits per heavy atom. The number of thiazole rings is 2. The second-order valence-electron chi connectivity index (χ2n) is 3.45. The molecule has 0 aromatic carbocycles. The number of aromatic nitrogens is 3. The highest BCUT2D eigenvalue weighted by Crippen LogP contribution is 2.23. The molecule has 0 spiro atoms. The minimum absolute atomic E-state index is 0.00681. The number of imidazole rings is 1. The Balaban J connectivity index is 2.08. The van der Waals surface area contributed by atoms with Crippen LogP contribution in [0.1, 0.15) is 5.69 Å². The smallest absolute Gasteiger partial charge is 0.309 e. The van der Waals surface area contributed by atoms with Crippen molar-refractivity contribution in [1.29, 1.82) is 0 Å². The number of aliphatic carboxylic acids is 1. The van der Waals surface area contributed by atoms with E-state index >= 15 is 0 Å². The molecule has 0 atom stereocenters. The second-order valence-corrected chi connectivity index (χ2v) is 5.01. The van der Waals surface area contributed by atoms with Crippen molar-refractivity contribution in [1.82, 2.24) is 14.4 Å². The van der Waals surface area contributed by atoms with Crippen LogP contribution in [0.4, 0.5) is 0 Å². The van der Waals surface area contributed by atoms with E-state index in [0.29, 0.717) is 0 Å². The van der Waals surface area contributed by atoms with E-state index in [4.69, 9.17) is 5.11 Å². The molecule has 0 amide bonds. The fourth-order valence-electron chi connectivity index (χ4n) is 1.57. The fraction of sp³-hybridized carbons (Fsp3) is 0.100. The Labute approximate surface area is 104 Å². The number of carboxylic acid groups (broad SMARTS) is 1. The standard InChI is InChI=1S/C10H7N3O2S2/c14-9(15)1-6-3-17-10-12-7(2-13(6)10)8-4-16-5-11-8/h2-5H,1H2,(H,14,15). The van der Waals surface area contributed by atoms with Gasteiger partial charge in [0.05, 0.1) is 11.9 Å². The van der Waals surface area contributed by atoms with Gasteiger partial charge in [0.2, 0.25) is 0 Å². The third-order valence-electron chi connectivity index (χ3n) is 2.31. The van der Waals surface area contributed by atoms with Crippen LogP contribution in [0.25, 0.3) is 16.3 Å². The maximum atomic E-state index is 10.7. The molecule has 0 saturated carbocycles. The highest BCUT2D eigenvalue weighted by atomic mass is 32.1. The van der Waals surface area contributed by atoms with Gasteiger partial charge in [0.1, 0.15) is 11.4 Å². The zero-order chi connectivity index (χ0) is 11.8. The molecule has 3 heterocycles. The summed E-state index contributed by atoms with van der Waals surface area (Å²) in [5.41, 5.74) is 4.10. The number of rotatable bonds is 3. The van der Waals surface area contributed by atoms with Gasteiger partial charge in [0, 0.05) is 22.7 Å². The molecule has 0 fully saturated rings. The summed E-state index contributed by atoms with van der Waals surface area (Å²) in [7, 11) is 0. The molecule has 0 bridgehead atoms. The summed E-state index contributed by atoms with van der Waals surface area (Å²) in [6, 6.07) is 0. The molecule has 0 aliphatic carbocycles. The summed E-state index contributed by atoms with van der Waals surface area (Å²) in [5.74, 6) is -0.839. The molecule has 3 rings (SSSR count). The third kappa shape index (κ3) is 1.83. The molecular formula is C10H7N3O2S2. The van der Waals surface area contributed by atoms with Gasteiger partial charge in [-0.15, -0.1) is 22.7 Å². The molecule has 7 heteroatoms. The summed E-state index contributed by atoms with van der Waals surface area (Å²) in [5, 5.41) is 12.5. The first-order chi connectivity index (χ1) is 8.24. The van der Waals surface area contributed by atoms with Crippen molar-refractivity contribution < 1.29 is 9.90 Å². The zero-order valence-electron chi connectivity index (χ0n) is 8.53. The number of nitrogens with zero attached hydrogens (tertiary/aromatic N) is 3. The molecule has 0 aliphatic heterocycles. The topological polar surface area (TPSA) is 67.5 Å². The SMILES string of the molecule is O=C(O)Cc1csc2nc(-c3cscn3)cn12. The quantitative estimate of drug-likeness (QED) is 0.788. The van der Waals surface area contributed by atoms with E-state index in [1.807, 2.05) is 21.4 Å². The maximum absolute atomic E-state index is 10.7. The Morgan fingerprint density at radius 3 is 3.00 bits per heavy atom. The van der Waals surface area contributed by atoms with E-state index in [9.17, 15) is 4.79 Å². The van der Waals surface area contributed by atoms with Crippen LogP contribution >= 0.6 is 22.7 Å². The molecule has 0 saturated heterocycles. The molecule has 0 aliphatic rings. The molecule has 86 valence electrons. The van der Waals surface area contributed by atoms with Crippen LogP contribution in [0, 0.1) is 0 Å². The van der Waals surface area contributed by atoms with Crippen LogP contribution in [-0.2, 0) is 11.2 Å². The predicted molar refractivity (Wildman–Crippen MR) is 65.5 cm³/mol. The van der Waals surface area contributed by atoms with Crippen molar-refractivity contribution in [2.24, 2.45) is 0 Å². The Hall–Kier alpha value is -1.73. The lowest BCUT2D eigenvalue weighted by molar-refractivity contribution is -0.136. The van der Waals surface area contributed by atoms with Crippen molar-refractivity contribution in [2.45, 2.75) is 6.42 Å². The minimum Gasteiger partial charge on any atom is -0.481 e. The van der Waals surface area contributed by atoms with Gasteiger partial charge in [-0.05, 0) is 0 Å². The van der Waals surface area contributed by atoms with Crippen molar-refractivity contribution in [3.8, 4) is 11.4 Å². The molecule has 3 aromatic heterocycles. The minimum atomic E-state index is -0.839. The average molecular weight is 265 g/mol. The van der Waals surface area contributed by atoms with E-state index in [-0.39, 0.29) is 6.42 Å². The van der Waals surface area contributed by atoms with E-state index < -0.39 is 5.97 Å². The summed E-state index contributed by atoms with van der Waals surface area (Å²) in [6.07, 6.45) is 1.84. The van der Waals surface area contributed by atoms with Crippen LogP contribution in [0.15, 0.2) is 22.5 Å². The Bertz CT molecular complexity index is 669. The largest absolute Gasteiger partial charge is 0.481 e. The highest BCUT2D eigenvalue weighted by Gasteiger charge is 2.12. The summed E-state index contributed by atoms with van der Waals surface area (Å²) in [4.78, 5) is 20.1. The average Bonchev–Trinajstić information content (AvgIpc) is 2.93. The van der Waals surface area contributed by atoms with E-state index in [0.717, 1.165) is 22.0 Å². The lowest BCUT2D eigenvalue weighted by Gasteiger charge is -1.92. The van der Waals surface area contributed by atoms with Crippen molar-refractivity contribution in [3.05, 3.63) is 28.2 Å². The lowest BCUT2D eigenvalue weighted by Crippen LogP contribution is -2.02. The van der Waals surface area contributed by atoms with Crippen LogP contribution in [0.2, 0.25) is 0 Å². The highest BCUT2D eigenvalue weighted by molar-refractivity contribution is 7.15. The van der Waals surface area contributed by atoms with Gasteiger partial charge in [-0.2, -0.15) is 0 Å². The van der Waals surface area contributed by atoms with E-state index in [2.05, 4.69) is 9.97 Å². The van der Waals surface area contributed by atoms with Gasteiger partial charge in [-0.25, -0.2) is 9.97 Å². The molecule has 5 nitrogen and oxygen atoms in total. The normalized spacial score (nSPS) is 11.1. The van der Waals surface area contributed by atoms with Crippen molar-refractivity contribution >= 4 is 33.6 Å². The van der Waals surface area contributed by atoms with Gasteiger partial charge in [-0.3, -0.25) is 9.20 Å². The number of fused-ring (bicyclic) bond motifs is 1. The molecule has 1 N–H and O–H groups in total. The monoisotopic (exact) mass is 265 g/mol. The van der Waals surface area contributed by atoms with Gasteiger partial charge < -0.3 is 5.11 Å². The zero-order valence-corrected chi connectivity index (χ0v) is 10.2. The van der Waals surface area contributed by atoms with Crippen LogP contribution < -0.4 is 0 Å². The summed E-state index contributed by atoms with van der Waals surface area (Å²) in [6.45, 7) is 0. The molecular weight excluding hydrogens is 258 g/mol. The Morgan fingerprint density at radius 1 is 1.41 bits per heavy atom. The van der Waals surface area contributed by atoms with E-state index in [1.54, 1.807) is 5.51 Å². The van der Waals surface area contributed by atoms with Gasteiger partial charge in [-0.1, -0.05) is 0 Å². The van der Waals surface area contributed by atoms with Gasteiger partial charge in [0.25, 0.3) is 0 Å². The Kier molecular flexibility index (Phi) is 2.41. The third-order valence-corrected chi connectivity index (χ3v) is 3.79. The van der Waals surface area contributed by atoms with Crippen molar-refractivity contribution in [2.75, 3.05) is 0 Å². The molecule has 17 heavy (non-hydrogen) atoms. The first-order valence-electron chi connectivity index (χ1n) is 4.80. The fourth-order valence-corrected chi connectivity index (χ4v) is 2.99. The number of hydrogen-bond acceptors (Lipinski definition) is 5. The summed E-state index contributed by atoms with van der Waals surface area (Å²) >= 11 is 2.95. The van der Waals surface area contributed by atoms with Crippen molar-refractivity contribution in [3.63, 3.8) is 0 Å². The van der Waals surface area contributed by atoms with Crippen LogP contribution in [-0.4, -0.2) is 25.4 Å². The van der Waals surface area contributed by atoms with Gasteiger partial charge >= 0.3 is 5.97 Å².